The Hall–Kier alpha value is -0.340. The Morgan fingerprint density at radius 1 is 0.929 bits per heavy atom. The fourth-order valence-corrected chi connectivity index (χ4v) is 1.53. The van der Waals surface area contributed by atoms with Gasteiger partial charge in [-0.2, -0.15) is 0 Å². The van der Waals surface area contributed by atoms with Gasteiger partial charge in [0.05, 0.1) is 18.6 Å². The molecule has 0 bridgehead atoms. The van der Waals surface area contributed by atoms with Crippen LogP contribution in [0.15, 0.2) is 0 Å². The largest absolute Gasteiger partial charge is 0.396 e. The number of halogens is 2. The van der Waals surface area contributed by atoms with Crippen molar-refractivity contribution in [2.24, 2.45) is 5.92 Å². The number of hydrogen-bond donors (Lipinski definition) is 5. The van der Waals surface area contributed by atoms with Gasteiger partial charge in [-0.1, -0.05) is 0 Å². The lowest BCUT2D eigenvalue weighted by molar-refractivity contribution is -0.273. The summed E-state index contributed by atoms with van der Waals surface area (Å²) in [5.41, 5.74) is 0. The van der Waals surface area contributed by atoms with E-state index >= 15 is 0 Å². The molecule has 5 N–H and O–H groups in total. The quantitative estimate of drug-likeness (QED) is 0.337. The van der Waals surface area contributed by atoms with Crippen LogP contribution in [-0.4, -0.2) is 62.5 Å². The first-order valence-electron chi connectivity index (χ1n) is 4.05. The zero-order valence-corrected chi connectivity index (χ0v) is 7.09. The van der Waals surface area contributed by atoms with Gasteiger partial charge < -0.3 is 25.5 Å². The highest BCUT2D eigenvalue weighted by Crippen LogP contribution is 2.38. The summed E-state index contributed by atoms with van der Waals surface area (Å²) in [6.45, 7) is -1.09. The smallest absolute Gasteiger partial charge is 0.283 e. The van der Waals surface area contributed by atoms with Gasteiger partial charge in [-0.15, -0.1) is 0 Å². The molecular formula is C7H12F2O5. The summed E-state index contributed by atoms with van der Waals surface area (Å²) < 4.78 is 26.2. The highest BCUT2D eigenvalue weighted by atomic mass is 19.3. The van der Waals surface area contributed by atoms with E-state index in [9.17, 15) is 8.78 Å². The number of rotatable bonds is 1. The highest BCUT2D eigenvalue weighted by molar-refractivity contribution is 5.02. The van der Waals surface area contributed by atoms with E-state index < -0.39 is 42.9 Å². The van der Waals surface area contributed by atoms with Crippen LogP contribution in [0, 0.1) is 5.92 Å². The normalized spacial score (nSPS) is 47.8. The van der Waals surface area contributed by atoms with Crippen molar-refractivity contribution >= 4 is 0 Å². The minimum Gasteiger partial charge on any atom is -0.396 e. The molecule has 0 aromatic carbocycles. The van der Waals surface area contributed by atoms with E-state index in [0.717, 1.165) is 0 Å². The Morgan fingerprint density at radius 3 is 1.86 bits per heavy atom. The van der Waals surface area contributed by atoms with E-state index in [1.54, 1.807) is 0 Å². The van der Waals surface area contributed by atoms with Crippen molar-refractivity contribution in [1.82, 2.24) is 0 Å². The number of aliphatic hydroxyl groups excluding tert-OH is 5. The molecule has 0 saturated heterocycles. The second-order valence-corrected chi connectivity index (χ2v) is 3.38. The van der Waals surface area contributed by atoms with Gasteiger partial charge in [-0.25, -0.2) is 8.78 Å². The van der Waals surface area contributed by atoms with Crippen LogP contribution < -0.4 is 0 Å². The number of aliphatic hydroxyl groups is 5. The third-order valence-electron chi connectivity index (χ3n) is 2.52. The van der Waals surface area contributed by atoms with Crippen LogP contribution in [0.2, 0.25) is 0 Å². The van der Waals surface area contributed by atoms with Crippen LogP contribution in [0.3, 0.4) is 0 Å². The molecule has 1 aliphatic rings. The molecule has 0 spiro atoms. The van der Waals surface area contributed by atoms with E-state index in [4.69, 9.17) is 25.5 Å². The van der Waals surface area contributed by atoms with Gasteiger partial charge >= 0.3 is 0 Å². The topological polar surface area (TPSA) is 101 Å². The first-order valence-corrected chi connectivity index (χ1v) is 4.05. The maximum Gasteiger partial charge on any atom is 0.283 e. The Labute approximate surface area is 78.2 Å². The number of alkyl halides is 2. The molecule has 0 amide bonds. The molecule has 0 heterocycles. The molecule has 84 valence electrons. The van der Waals surface area contributed by atoms with Gasteiger partial charge in [-0.05, 0) is 0 Å². The molecule has 7 heteroatoms. The van der Waals surface area contributed by atoms with E-state index in [2.05, 4.69) is 0 Å². The van der Waals surface area contributed by atoms with E-state index in [1.165, 1.54) is 0 Å². The van der Waals surface area contributed by atoms with Crippen LogP contribution >= 0.6 is 0 Å². The van der Waals surface area contributed by atoms with Crippen LogP contribution in [0.4, 0.5) is 8.78 Å². The first-order chi connectivity index (χ1) is 6.34. The maximum atomic E-state index is 13.1. The SMILES string of the molecule is OC[C@@H]1[C@@H](O)[C@H](O)[C@@H](O)[C@@H](O)C1(F)F. The molecular weight excluding hydrogens is 202 g/mol. The monoisotopic (exact) mass is 214 g/mol. The molecule has 1 aliphatic carbocycles. The van der Waals surface area contributed by atoms with Gasteiger partial charge in [0.2, 0.25) is 0 Å². The third kappa shape index (κ3) is 1.51. The van der Waals surface area contributed by atoms with E-state index in [1.807, 2.05) is 0 Å². The molecule has 1 saturated carbocycles. The molecule has 5 atom stereocenters. The zero-order chi connectivity index (χ0) is 11.1. The average Bonchev–Trinajstić information content (AvgIpc) is 2.13. The fraction of sp³-hybridized carbons (Fsp3) is 1.00. The zero-order valence-electron chi connectivity index (χ0n) is 7.09. The van der Waals surface area contributed by atoms with Crippen molar-refractivity contribution in [2.75, 3.05) is 6.61 Å². The van der Waals surface area contributed by atoms with Crippen LogP contribution in [-0.2, 0) is 0 Å². The van der Waals surface area contributed by atoms with Gasteiger partial charge in [-0.3, -0.25) is 0 Å². The molecule has 1 rings (SSSR count). The summed E-state index contributed by atoms with van der Waals surface area (Å²) in [5, 5.41) is 44.6. The Kier molecular flexibility index (Phi) is 3.07. The Morgan fingerprint density at radius 2 is 1.43 bits per heavy atom. The summed E-state index contributed by atoms with van der Waals surface area (Å²) in [5.74, 6) is -5.80. The molecule has 0 unspecified atom stereocenters. The van der Waals surface area contributed by atoms with E-state index in [0.29, 0.717) is 0 Å². The van der Waals surface area contributed by atoms with Gasteiger partial charge in [0.1, 0.15) is 18.3 Å². The van der Waals surface area contributed by atoms with Crippen LogP contribution in [0.25, 0.3) is 0 Å². The van der Waals surface area contributed by atoms with Gasteiger partial charge in [0.15, 0.2) is 0 Å². The predicted molar refractivity (Wildman–Crippen MR) is 39.6 cm³/mol. The number of hydrogen-bond acceptors (Lipinski definition) is 5. The maximum absolute atomic E-state index is 13.1. The summed E-state index contributed by atoms with van der Waals surface area (Å²) in [7, 11) is 0. The lowest BCUT2D eigenvalue weighted by Gasteiger charge is -2.43. The van der Waals surface area contributed by atoms with Crippen molar-refractivity contribution in [3.8, 4) is 0 Å². The predicted octanol–water partition coefficient (Wildman–Crippen LogP) is -2.31. The van der Waals surface area contributed by atoms with Gasteiger partial charge in [0.25, 0.3) is 5.92 Å². The molecule has 0 aromatic rings. The summed E-state index contributed by atoms with van der Waals surface area (Å²) in [6, 6.07) is 0. The minimum atomic E-state index is -3.83. The second-order valence-electron chi connectivity index (χ2n) is 3.38. The first kappa shape index (κ1) is 11.7. The van der Waals surface area contributed by atoms with E-state index in [-0.39, 0.29) is 0 Å². The van der Waals surface area contributed by atoms with Crippen LogP contribution in [0.1, 0.15) is 0 Å². The second kappa shape index (κ2) is 3.67. The molecule has 0 aliphatic heterocycles. The Bertz CT molecular complexity index is 212. The lowest BCUT2D eigenvalue weighted by Crippen LogP contribution is -2.65. The minimum absolute atomic E-state index is 1.09. The average molecular weight is 214 g/mol. The molecule has 1 fully saturated rings. The molecule has 0 radical (unpaired) electrons. The third-order valence-corrected chi connectivity index (χ3v) is 2.52. The summed E-state index contributed by atoms with van der Waals surface area (Å²) in [6.07, 6.45) is -8.46. The van der Waals surface area contributed by atoms with Gasteiger partial charge in [0, 0.05) is 0 Å². The van der Waals surface area contributed by atoms with Crippen molar-refractivity contribution in [3.05, 3.63) is 0 Å². The van der Waals surface area contributed by atoms with Crippen LogP contribution in [0.5, 0.6) is 0 Å². The summed E-state index contributed by atoms with van der Waals surface area (Å²) in [4.78, 5) is 0. The van der Waals surface area contributed by atoms with Crippen molar-refractivity contribution in [3.63, 3.8) is 0 Å². The fourth-order valence-electron chi connectivity index (χ4n) is 1.53. The molecule has 5 nitrogen and oxygen atoms in total. The molecule has 0 aromatic heterocycles. The van der Waals surface area contributed by atoms with Crippen molar-refractivity contribution in [2.45, 2.75) is 30.3 Å². The van der Waals surface area contributed by atoms with Crippen molar-refractivity contribution in [1.29, 1.82) is 0 Å². The Balaban J connectivity index is 2.96. The molecule has 14 heavy (non-hydrogen) atoms. The summed E-state index contributed by atoms with van der Waals surface area (Å²) >= 11 is 0. The standard InChI is InChI=1S/C7H12F2O5/c8-7(9)2(1-10)3(11)4(12)5(13)6(7)14/h2-6,10-14H,1H2/t2-,3-,4+,5-,6-/m1/s1. The van der Waals surface area contributed by atoms with Crippen molar-refractivity contribution < 1.29 is 34.3 Å². The lowest BCUT2D eigenvalue weighted by atomic mass is 9.78. The highest BCUT2D eigenvalue weighted by Gasteiger charge is 2.60.